The molecule has 1 aromatic carbocycles. The maximum atomic E-state index is 13.2. The zero-order chi connectivity index (χ0) is 19.8. The van der Waals surface area contributed by atoms with Crippen LogP contribution in [0.5, 0.6) is 0 Å². The molecule has 0 spiro atoms. The van der Waals surface area contributed by atoms with Gasteiger partial charge in [-0.25, -0.2) is 0 Å². The number of nitrogens with zero attached hydrogens (tertiary/aromatic N) is 3. The highest BCUT2D eigenvalue weighted by Crippen LogP contribution is 2.38. The van der Waals surface area contributed by atoms with Gasteiger partial charge in [0.2, 0.25) is 17.7 Å². The lowest BCUT2D eigenvalue weighted by atomic mass is 10.1. The van der Waals surface area contributed by atoms with E-state index in [4.69, 9.17) is 0 Å². The Balaban J connectivity index is 1.72. The fraction of sp³-hybridized carbons (Fsp3) is 0.500. The first kappa shape index (κ1) is 19.2. The summed E-state index contributed by atoms with van der Waals surface area (Å²) in [7, 11) is 0. The van der Waals surface area contributed by atoms with Gasteiger partial charge in [-0.15, -0.1) is 0 Å². The lowest BCUT2D eigenvalue weighted by Crippen LogP contribution is -2.51. The van der Waals surface area contributed by atoms with Crippen molar-refractivity contribution in [2.75, 3.05) is 37.6 Å². The number of amides is 3. The molecule has 0 radical (unpaired) electrons. The quantitative estimate of drug-likeness (QED) is 0.782. The summed E-state index contributed by atoms with van der Waals surface area (Å²) < 4.78 is 39.7. The van der Waals surface area contributed by atoms with Crippen LogP contribution in [-0.2, 0) is 20.6 Å². The van der Waals surface area contributed by atoms with Crippen molar-refractivity contribution in [1.82, 2.24) is 9.80 Å². The summed E-state index contributed by atoms with van der Waals surface area (Å²) in [5.41, 5.74) is -1.10. The molecule has 146 valence electrons. The zero-order valence-corrected chi connectivity index (χ0v) is 14.8. The van der Waals surface area contributed by atoms with E-state index >= 15 is 0 Å². The summed E-state index contributed by atoms with van der Waals surface area (Å²) in [5, 5.41) is 0. The van der Waals surface area contributed by atoms with Crippen LogP contribution in [0.2, 0.25) is 0 Å². The number of halogens is 3. The van der Waals surface area contributed by atoms with Crippen LogP contribution >= 0.6 is 0 Å². The third-order valence-corrected chi connectivity index (χ3v) is 5.01. The standard InChI is InChI=1S/C18H20F3N3O3/c1-12(25)22-6-8-23(9-7-22)17(27)13-10-16(26)24(11-13)15-5-3-2-4-14(15)18(19,20)21/h2-5,13H,6-11H2,1H3. The molecule has 2 heterocycles. The molecule has 0 aliphatic carbocycles. The minimum atomic E-state index is -4.58. The predicted molar refractivity (Wildman–Crippen MR) is 90.7 cm³/mol. The van der Waals surface area contributed by atoms with E-state index in [2.05, 4.69) is 0 Å². The summed E-state index contributed by atoms with van der Waals surface area (Å²) in [6.07, 6.45) is -4.69. The van der Waals surface area contributed by atoms with Crippen LogP contribution in [0.4, 0.5) is 18.9 Å². The Hall–Kier alpha value is -2.58. The molecule has 0 N–H and O–H groups in total. The van der Waals surface area contributed by atoms with E-state index in [1.807, 2.05) is 0 Å². The minimum absolute atomic E-state index is 0.0620. The largest absolute Gasteiger partial charge is 0.418 e. The number of carbonyl (C=O) groups is 3. The van der Waals surface area contributed by atoms with Gasteiger partial charge in [0.1, 0.15) is 0 Å². The topological polar surface area (TPSA) is 60.9 Å². The Morgan fingerprint density at radius 1 is 1.04 bits per heavy atom. The molecule has 0 aromatic heterocycles. The third-order valence-electron chi connectivity index (χ3n) is 5.01. The van der Waals surface area contributed by atoms with E-state index in [-0.39, 0.29) is 30.5 Å². The second-order valence-electron chi connectivity index (χ2n) is 6.75. The van der Waals surface area contributed by atoms with E-state index in [1.165, 1.54) is 25.1 Å². The van der Waals surface area contributed by atoms with E-state index in [0.717, 1.165) is 11.0 Å². The smallest absolute Gasteiger partial charge is 0.339 e. The van der Waals surface area contributed by atoms with Gasteiger partial charge in [0.15, 0.2) is 0 Å². The summed E-state index contributed by atoms with van der Waals surface area (Å²) in [4.78, 5) is 40.7. The molecule has 6 nitrogen and oxygen atoms in total. The van der Waals surface area contributed by atoms with Gasteiger partial charge in [0, 0.05) is 46.1 Å². The molecule has 0 bridgehead atoms. The van der Waals surface area contributed by atoms with Crippen LogP contribution in [0.25, 0.3) is 0 Å². The van der Waals surface area contributed by atoms with Gasteiger partial charge in [0.25, 0.3) is 0 Å². The monoisotopic (exact) mass is 383 g/mol. The number of piperazine rings is 1. The number of hydrogen-bond donors (Lipinski definition) is 0. The Morgan fingerprint density at radius 3 is 2.22 bits per heavy atom. The SMILES string of the molecule is CC(=O)N1CCN(C(=O)C2CC(=O)N(c3ccccc3C(F)(F)F)C2)CC1. The molecule has 3 amide bonds. The van der Waals surface area contributed by atoms with Crippen molar-refractivity contribution < 1.29 is 27.6 Å². The molecular weight excluding hydrogens is 363 g/mol. The molecule has 1 aromatic rings. The molecule has 1 unspecified atom stereocenters. The number of alkyl halides is 3. The maximum Gasteiger partial charge on any atom is 0.418 e. The lowest BCUT2D eigenvalue weighted by Gasteiger charge is -2.35. The Bertz CT molecular complexity index is 758. The molecule has 9 heteroatoms. The maximum absolute atomic E-state index is 13.2. The fourth-order valence-electron chi connectivity index (χ4n) is 3.55. The van der Waals surface area contributed by atoms with E-state index in [9.17, 15) is 27.6 Å². The van der Waals surface area contributed by atoms with Crippen molar-refractivity contribution in [3.63, 3.8) is 0 Å². The molecule has 2 aliphatic rings. The first-order valence-corrected chi connectivity index (χ1v) is 8.69. The van der Waals surface area contributed by atoms with Crippen LogP contribution in [0.1, 0.15) is 18.9 Å². The molecular formula is C18H20F3N3O3. The minimum Gasteiger partial charge on any atom is -0.339 e. The highest BCUT2D eigenvalue weighted by molar-refractivity contribution is 6.01. The first-order valence-electron chi connectivity index (χ1n) is 8.69. The third kappa shape index (κ3) is 3.91. The number of benzene rings is 1. The Morgan fingerprint density at radius 2 is 1.63 bits per heavy atom. The van der Waals surface area contributed by atoms with Gasteiger partial charge in [-0.3, -0.25) is 14.4 Å². The van der Waals surface area contributed by atoms with Gasteiger partial charge >= 0.3 is 6.18 Å². The summed E-state index contributed by atoms with van der Waals surface area (Å²) in [6.45, 7) is 2.95. The molecule has 1 atom stereocenters. The van der Waals surface area contributed by atoms with Crippen LogP contribution in [0, 0.1) is 5.92 Å². The second-order valence-corrected chi connectivity index (χ2v) is 6.75. The van der Waals surface area contributed by atoms with Gasteiger partial charge in [-0.1, -0.05) is 12.1 Å². The van der Waals surface area contributed by atoms with Gasteiger partial charge < -0.3 is 14.7 Å². The van der Waals surface area contributed by atoms with Crippen molar-refractivity contribution in [3.05, 3.63) is 29.8 Å². The lowest BCUT2D eigenvalue weighted by molar-refractivity contribution is -0.141. The molecule has 2 aliphatic heterocycles. The molecule has 27 heavy (non-hydrogen) atoms. The van der Waals surface area contributed by atoms with Gasteiger partial charge in [0.05, 0.1) is 17.2 Å². The van der Waals surface area contributed by atoms with Gasteiger partial charge in [-0.05, 0) is 12.1 Å². The second kappa shape index (κ2) is 7.21. The average molecular weight is 383 g/mol. The number of hydrogen-bond acceptors (Lipinski definition) is 3. The van der Waals surface area contributed by atoms with E-state index in [1.54, 1.807) is 9.80 Å². The highest BCUT2D eigenvalue weighted by atomic mass is 19.4. The average Bonchev–Trinajstić information content (AvgIpc) is 3.02. The number of para-hydroxylation sites is 1. The van der Waals surface area contributed by atoms with E-state index < -0.39 is 23.6 Å². The normalized spacial score (nSPS) is 21.0. The number of anilines is 1. The van der Waals surface area contributed by atoms with Crippen molar-refractivity contribution >= 4 is 23.4 Å². The highest BCUT2D eigenvalue weighted by Gasteiger charge is 2.42. The molecule has 3 rings (SSSR count). The number of rotatable bonds is 2. The van der Waals surface area contributed by atoms with Crippen molar-refractivity contribution in [1.29, 1.82) is 0 Å². The van der Waals surface area contributed by atoms with Crippen LogP contribution in [-0.4, -0.2) is 60.2 Å². The van der Waals surface area contributed by atoms with E-state index in [0.29, 0.717) is 26.2 Å². The van der Waals surface area contributed by atoms with Crippen molar-refractivity contribution in [2.24, 2.45) is 5.92 Å². The first-order chi connectivity index (χ1) is 12.7. The Kier molecular flexibility index (Phi) is 5.12. The van der Waals surface area contributed by atoms with Crippen molar-refractivity contribution in [3.8, 4) is 0 Å². The number of carbonyl (C=O) groups excluding carboxylic acids is 3. The van der Waals surface area contributed by atoms with Crippen molar-refractivity contribution in [2.45, 2.75) is 19.5 Å². The molecule has 2 fully saturated rings. The van der Waals surface area contributed by atoms with Gasteiger partial charge in [-0.2, -0.15) is 13.2 Å². The van der Waals surface area contributed by atoms with Crippen LogP contribution in [0.15, 0.2) is 24.3 Å². The van der Waals surface area contributed by atoms with Crippen LogP contribution < -0.4 is 4.90 Å². The predicted octanol–water partition coefficient (Wildman–Crippen LogP) is 1.75. The molecule has 0 saturated carbocycles. The summed E-state index contributed by atoms with van der Waals surface area (Å²) >= 11 is 0. The summed E-state index contributed by atoms with van der Waals surface area (Å²) in [6, 6.07) is 4.88. The fourth-order valence-corrected chi connectivity index (χ4v) is 3.55. The zero-order valence-electron chi connectivity index (χ0n) is 14.8. The Labute approximate surface area is 154 Å². The summed E-state index contributed by atoms with van der Waals surface area (Å²) in [5.74, 6) is -1.48. The van der Waals surface area contributed by atoms with Crippen LogP contribution in [0.3, 0.4) is 0 Å². The molecule has 2 saturated heterocycles.